The largest absolute Gasteiger partial charge is 0.341 e. The molecule has 0 radical (unpaired) electrons. The lowest BCUT2D eigenvalue weighted by Crippen LogP contribution is -2.02. The standard InChI is InChI=1S/C15H13N3O2/c1-11-3-2-7-16-14(11)10-17-8-6-12-4-5-13(18(19)20)9-15(12)17/h2-9H,10H2,1H3. The maximum Gasteiger partial charge on any atom is 0.271 e. The van der Waals surface area contributed by atoms with Gasteiger partial charge in [-0.2, -0.15) is 0 Å². The first-order valence-electron chi connectivity index (χ1n) is 6.29. The zero-order valence-corrected chi connectivity index (χ0v) is 11.0. The number of pyridine rings is 1. The molecule has 100 valence electrons. The Morgan fingerprint density at radius 1 is 1.30 bits per heavy atom. The molecule has 0 spiro atoms. The molecular formula is C15H13N3O2. The second-order valence-corrected chi connectivity index (χ2v) is 4.71. The van der Waals surface area contributed by atoms with Crippen LogP contribution in [0.2, 0.25) is 0 Å². The van der Waals surface area contributed by atoms with E-state index in [0.29, 0.717) is 6.54 Å². The Labute approximate surface area is 115 Å². The number of non-ortho nitro benzene ring substituents is 1. The normalized spacial score (nSPS) is 10.8. The molecule has 0 atom stereocenters. The third-order valence-electron chi connectivity index (χ3n) is 3.41. The summed E-state index contributed by atoms with van der Waals surface area (Å²) in [5.41, 5.74) is 3.04. The molecule has 0 fully saturated rings. The second-order valence-electron chi connectivity index (χ2n) is 4.71. The third-order valence-corrected chi connectivity index (χ3v) is 3.41. The highest BCUT2D eigenvalue weighted by molar-refractivity contribution is 5.82. The molecule has 3 rings (SSSR count). The lowest BCUT2D eigenvalue weighted by atomic mass is 10.2. The van der Waals surface area contributed by atoms with Crippen LogP contribution in [0.3, 0.4) is 0 Å². The first-order valence-corrected chi connectivity index (χ1v) is 6.29. The van der Waals surface area contributed by atoms with Crippen LogP contribution < -0.4 is 0 Å². The zero-order chi connectivity index (χ0) is 14.1. The van der Waals surface area contributed by atoms with E-state index in [2.05, 4.69) is 4.98 Å². The van der Waals surface area contributed by atoms with E-state index in [-0.39, 0.29) is 10.6 Å². The van der Waals surface area contributed by atoms with Gasteiger partial charge < -0.3 is 4.57 Å². The maximum atomic E-state index is 10.9. The van der Waals surface area contributed by atoms with Gasteiger partial charge in [-0.25, -0.2) is 0 Å². The summed E-state index contributed by atoms with van der Waals surface area (Å²) in [5.74, 6) is 0. The fourth-order valence-corrected chi connectivity index (χ4v) is 2.27. The summed E-state index contributed by atoms with van der Waals surface area (Å²) in [6.45, 7) is 2.62. The van der Waals surface area contributed by atoms with E-state index in [1.165, 1.54) is 6.07 Å². The van der Waals surface area contributed by atoms with Crippen molar-refractivity contribution in [2.75, 3.05) is 0 Å². The van der Waals surface area contributed by atoms with Crippen molar-refractivity contribution in [2.24, 2.45) is 0 Å². The van der Waals surface area contributed by atoms with E-state index in [1.54, 1.807) is 18.3 Å². The van der Waals surface area contributed by atoms with Crippen molar-refractivity contribution < 1.29 is 4.92 Å². The zero-order valence-electron chi connectivity index (χ0n) is 11.0. The Balaban J connectivity index is 2.06. The van der Waals surface area contributed by atoms with E-state index in [9.17, 15) is 10.1 Å². The van der Waals surface area contributed by atoms with Gasteiger partial charge in [0, 0.05) is 29.9 Å². The molecule has 0 saturated carbocycles. The number of nitro benzene ring substituents is 1. The summed E-state index contributed by atoms with van der Waals surface area (Å²) in [5, 5.41) is 11.9. The molecule has 2 heterocycles. The molecule has 0 N–H and O–H groups in total. The summed E-state index contributed by atoms with van der Waals surface area (Å²) in [6.07, 6.45) is 3.69. The molecule has 20 heavy (non-hydrogen) atoms. The lowest BCUT2D eigenvalue weighted by molar-refractivity contribution is -0.384. The fraction of sp³-hybridized carbons (Fsp3) is 0.133. The van der Waals surface area contributed by atoms with Gasteiger partial charge in [0.25, 0.3) is 5.69 Å². The Bertz CT molecular complexity index is 793. The third kappa shape index (κ3) is 2.14. The number of hydrogen-bond acceptors (Lipinski definition) is 3. The Morgan fingerprint density at radius 2 is 2.15 bits per heavy atom. The molecule has 0 aliphatic rings. The summed E-state index contributed by atoms with van der Waals surface area (Å²) in [4.78, 5) is 14.9. The topological polar surface area (TPSA) is 61.0 Å². The maximum absolute atomic E-state index is 10.9. The second kappa shape index (κ2) is 4.77. The summed E-state index contributed by atoms with van der Waals surface area (Å²) in [7, 11) is 0. The fourth-order valence-electron chi connectivity index (χ4n) is 2.27. The molecule has 3 aromatic rings. The quantitative estimate of drug-likeness (QED) is 0.540. The monoisotopic (exact) mass is 267 g/mol. The number of aryl methyl sites for hydroxylation is 1. The van der Waals surface area contributed by atoms with Crippen molar-refractivity contribution in [3.8, 4) is 0 Å². The average Bonchev–Trinajstić information content (AvgIpc) is 2.84. The number of nitro groups is 1. The van der Waals surface area contributed by atoms with Crippen LogP contribution in [0.25, 0.3) is 10.9 Å². The van der Waals surface area contributed by atoms with Gasteiger partial charge in [-0.15, -0.1) is 0 Å². The first-order chi connectivity index (χ1) is 9.65. The van der Waals surface area contributed by atoms with E-state index >= 15 is 0 Å². The molecule has 0 aliphatic heterocycles. The van der Waals surface area contributed by atoms with Gasteiger partial charge in [-0.1, -0.05) is 6.07 Å². The Hall–Kier alpha value is -2.69. The van der Waals surface area contributed by atoms with Crippen molar-refractivity contribution in [1.82, 2.24) is 9.55 Å². The van der Waals surface area contributed by atoms with Gasteiger partial charge >= 0.3 is 0 Å². The smallest absolute Gasteiger partial charge is 0.271 e. The highest BCUT2D eigenvalue weighted by Gasteiger charge is 2.10. The van der Waals surface area contributed by atoms with Gasteiger partial charge in [-0.3, -0.25) is 15.1 Å². The van der Waals surface area contributed by atoms with Crippen LogP contribution in [0, 0.1) is 17.0 Å². The summed E-state index contributed by atoms with van der Waals surface area (Å²) < 4.78 is 1.98. The van der Waals surface area contributed by atoms with Crippen molar-refractivity contribution in [3.05, 3.63) is 70.2 Å². The molecule has 1 aromatic carbocycles. The molecular weight excluding hydrogens is 254 g/mol. The van der Waals surface area contributed by atoms with Gasteiger partial charge in [0.15, 0.2) is 0 Å². The molecule has 0 unspecified atom stereocenters. The van der Waals surface area contributed by atoms with Crippen LogP contribution in [0.15, 0.2) is 48.8 Å². The van der Waals surface area contributed by atoms with Gasteiger partial charge in [0.1, 0.15) is 0 Å². The number of nitrogens with zero attached hydrogens (tertiary/aromatic N) is 3. The molecule has 0 bridgehead atoms. The molecule has 5 nitrogen and oxygen atoms in total. The summed E-state index contributed by atoms with van der Waals surface area (Å²) in [6, 6.07) is 10.8. The first kappa shape index (κ1) is 12.3. The minimum absolute atomic E-state index is 0.107. The van der Waals surface area contributed by atoms with Gasteiger partial charge in [0.05, 0.1) is 22.7 Å². The van der Waals surface area contributed by atoms with Crippen LogP contribution in [0.4, 0.5) is 5.69 Å². The lowest BCUT2D eigenvalue weighted by Gasteiger charge is -2.07. The van der Waals surface area contributed by atoms with Crippen LogP contribution >= 0.6 is 0 Å². The van der Waals surface area contributed by atoms with E-state index in [1.807, 2.05) is 35.9 Å². The van der Waals surface area contributed by atoms with Crippen LogP contribution in [-0.4, -0.2) is 14.5 Å². The number of fused-ring (bicyclic) bond motifs is 1. The van der Waals surface area contributed by atoms with E-state index in [0.717, 1.165) is 22.2 Å². The van der Waals surface area contributed by atoms with Crippen molar-refractivity contribution in [2.45, 2.75) is 13.5 Å². The van der Waals surface area contributed by atoms with Crippen LogP contribution in [0.5, 0.6) is 0 Å². The molecule has 0 amide bonds. The van der Waals surface area contributed by atoms with Gasteiger partial charge in [0.2, 0.25) is 0 Å². The number of hydrogen-bond donors (Lipinski definition) is 0. The minimum Gasteiger partial charge on any atom is -0.341 e. The summed E-state index contributed by atoms with van der Waals surface area (Å²) >= 11 is 0. The number of aromatic nitrogens is 2. The van der Waals surface area contributed by atoms with Crippen molar-refractivity contribution >= 4 is 16.6 Å². The number of benzene rings is 1. The number of rotatable bonds is 3. The SMILES string of the molecule is Cc1cccnc1Cn1ccc2ccc([N+](=O)[O-])cc21. The van der Waals surface area contributed by atoms with Gasteiger partial charge in [-0.05, 0) is 30.7 Å². The van der Waals surface area contributed by atoms with E-state index in [4.69, 9.17) is 0 Å². The molecule has 0 aliphatic carbocycles. The average molecular weight is 267 g/mol. The molecule has 2 aromatic heterocycles. The Kier molecular flexibility index (Phi) is 2.95. The van der Waals surface area contributed by atoms with Crippen molar-refractivity contribution in [3.63, 3.8) is 0 Å². The predicted octanol–water partition coefficient (Wildman–Crippen LogP) is 3.30. The van der Waals surface area contributed by atoms with Crippen LogP contribution in [0.1, 0.15) is 11.3 Å². The Morgan fingerprint density at radius 3 is 2.90 bits per heavy atom. The van der Waals surface area contributed by atoms with E-state index < -0.39 is 0 Å². The molecule has 0 saturated heterocycles. The minimum atomic E-state index is -0.372. The predicted molar refractivity (Wildman–Crippen MR) is 76.7 cm³/mol. The van der Waals surface area contributed by atoms with Crippen LogP contribution in [-0.2, 0) is 6.54 Å². The molecule has 5 heteroatoms. The van der Waals surface area contributed by atoms with Crippen molar-refractivity contribution in [1.29, 1.82) is 0 Å². The highest BCUT2D eigenvalue weighted by Crippen LogP contribution is 2.22. The highest BCUT2D eigenvalue weighted by atomic mass is 16.6.